The Morgan fingerprint density at radius 1 is 1.53 bits per heavy atom. The van der Waals surface area contributed by atoms with E-state index in [-0.39, 0.29) is 10.7 Å². The molecule has 4 nitrogen and oxygen atoms in total. The van der Waals surface area contributed by atoms with Gasteiger partial charge in [-0.1, -0.05) is 23.4 Å². The molecule has 0 spiro atoms. The van der Waals surface area contributed by atoms with Crippen LogP contribution >= 0.6 is 23.2 Å². The molecule has 78 valence electrons. The van der Waals surface area contributed by atoms with E-state index in [2.05, 4.69) is 16.8 Å². The third kappa shape index (κ3) is 3.08. The fourth-order valence-electron chi connectivity index (χ4n) is 0.853. The lowest BCUT2D eigenvalue weighted by Gasteiger charge is -1.95. The van der Waals surface area contributed by atoms with Crippen LogP contribution in [0.2, 0.25) is 5.02 Å². The van der Waals surface area contributed by atoms with E-state index in [1.54, 1.807) is 0 Å². The number of nitrogens with zero attached hydrogens (tertiary/aromatic N) is 2. The summed E-state index contributed by atoms with van der Waals surface area (Å²) >= 11 is 11.2. The second-order valence-electron chi connectivity index (χ2n) is 2.52. The smallest absolute Gasteiger partial charge is 0.258 e. The molecule has 0 amide bonds. The summed E-state index contributed by atoms with van der Waals surface area (Å²) in [7, 11) is 0. The fourth-order valence-corrected chi connectivity index (χ4v) is 1.16. The molecular weight excluding hydrogens is 239 g/mol. The van der Waals surface area contributed by atoms with E-state index in [0.29, 0.717) is 17.9 Å². The summed E-state index contributed by atoms with van der Waals surface area (Å²) in [5.41, 5.74) is 0.102. The predicted octanol–water partition coefficient (Wildman–Crippen LogP) is 2.62. The van der Waals surface area contributed by atoms with Gasteiger partial charge in [0.1, 0.15) is 11.2 Å². The van der Waals surface area contributed by atoms with E-state index in [1.807, 2.05) is 0 Å². The van der Waals surface area contributed by atoms with Crippen molar-refractivity contribution in [1.29, 1.82) is 0 Å². The lowest BCUT2D eigenvalue weighted by Crippen LogP contribution is -1.92. The minimum Gasteiger partial charge on any atom is -0.258 e. The summed E-state index contributed by atoms with van der Waals surface area (Å²) in [5.74, 6) is 5.81. The molecule has 1 aromatic heterocycles. The predicted molar refractivity (Wildman–Crippen MR) is 58.1 cm³/mol. The zero-order valence-electron chi connectivity index (χ0n) is 7.54. The number of aromatic nitrogens is 1. The summed E-state index contributed by atoms with van der Waals surface area (Å²) in [6.07, 6.45) is 2.98. The van der Waals surface area contributed by atoms with Crippen LogP contribution in [0.25, 0.3) is 0 Å². The van der Waals surface area contributed by atoms with Crippen LogP contribution in [-0.2, 0) is 0 Å². The molecule has 0 bridgehead atoms. The monoisotopic (exact) mass is 244 g/mol. The number of hydrogen-bond acceptors (Lipinski definition) is 3. The Hall–Kier alpha value is -1.31. The summed E-state index contributed by atoms with van der Waals surface area (Å²) in [4.78, 5) is 13.6. The van der Waals surface area contributed by atoms with Crippen molar-refractivity contribution in [2.75, 3.05) is 5.88 Å². The zero-order valence-corrected chi connectivity index (χ0v) is 9.05. The van der Waals surface area contributed by atoms with Gasteiger partial charge in [-0.15, -0.1) is 11.6 Å². The topological polar surface area (TPSA) is 56.0 Å². The number of hydrogen-bond donors (Lipinski definition) is 0. The second kappa shape index (κ2) is 5.54. The fraction of sp³-hybridized carbons (Fsp3) is 0.222. The molecule has 1 rings (SSSR count). The highest BCUT2D eigenvalue weighted by Crippen LogP contribution is 2.25. The molecule has 1 heterocycles. The van der Waals surface area contributed by atoms with Crippen LogP contribution in [0, 0.1) is 22.0 Å². The van der Waals surface area contributed by atoms with Crippen molar-refractivity contribution in [2.24, 2.45) is 0 Å². The van der Waals surface area contributed by atoms with E-state index in [0.717, 1.165) is 6.20 Å². The van der Waals surface area contributed by atoms with E-state index in [1.165, 1.54) is 6.20 Å². The molecule has 0 aliphatic heterocycles. The Balaban J connectivity index is 3.06. The van der Waals surface area contributed by atoms with Crippen LogP contribution in [0.5, 0.6) is 0 Å². The molecule has 0 aliphatic rings. The molecule has 6 heteroatoms. The van der Waals surface area contributed by atoms with Crippen molar-refractivity contribution >= 4 is 28.9 Å². The molecular formula is C9H6Cl2N2O2. The third-order valence-corrected chi connectivity index (χ3v) is 2.09. The lowest BCUT2D eigenvalue weighted by atomic mass is 10.2. The molecule has 0 radical (unpaired) electrons. The maximum atomic E-state index is 10.5. The second-order valence-corrected chi connectivity index (χ2v) is 3.27. The highest BCUT2D eigenvalue weighted by Gasteiger charge is 2.14. The summed E-state index contributed by atoms with van der Waals surface area (Å²) in [5, 5.41) is 10.5. The normalized spacial score (nSPS) is 9.20. The van der Waals surface area contributed by atoms with Gasteiger partial charge in [-0.2, -0.15) is 0 Å². The standard InChI is InChI=1S/C9H6Cl2N2O2/c10-4-2-1-3-7-5-12-6-8(9(7)11)13(14)15/h5-6H,2,4H2. The average Bonchev–Trinajstić information content (AvgIpc) is 2.20. The van der Waals surface area contributed by atoms with Gasteiger partial charge < -0.3 is 0 Å². The summed E-state index contributed by atoms with van der Waals surface area (Å²) in [6, 6.07) is 0. The molecule has 0 saturated carbocycles. The van der Waals surface area contributed by atoms with Crippen molar-refractivity contribution in [1.82, 2.24) is 4.98 Å². The Bertz CT molecular complexity index is 437. The van der Waals surface area contributed by atoms with Crippen LogP contribution < -0.4 is 0 Å². The van der Waals surface area contributed by atoms with Gasteiger partial charge in [0, 0.05) is 18.5 Å². The molecule has 0 N–H and O–H groups in total. The number of nitro groups is 1. The van der Waals surface area contributed by atoms with Crippen molar-refractivity contribution in [3.63, 3.8) is 0 Å². The van der Waals surface area contributed by atoms with E-state index in [4.69, 9.17) is 23.2 Å². The Morgan fingerprint density at radius 2 is 2.27 bits per heavy atom. The molecule has 0 aromatic carbocycles. The van der Waals surface area contributed by atoms with Gasteiger partial charge in [0.25, 0.3) is 0 Å². The highest BCUT2D eigenvalue weighted by atomic mass is 35.5. The minimum atomic E-state index is -0.595. The third-order valence-electron chi connectivity index (χ3n) is 1.50. The number of rotatable bonds is 2. The van der Waals surface area contributed by atoms with Gasteiger partial charge in [0.15, 0.2) is 0 Å². The number of pyridine rings is 1. The van der Waals surface area contributed by atoms with Crippen molar-refractivity contribution in [3.05, 3.63) is 33.1 Å². The molecule has 0 atom stereocenters. The molecule has 0 aliphatic carbocycles. The first kappa shape index (κ1) is 11.8. The Kier molecular flexibility index (Phi) is 4.35. The first-order valence-corrected chi connectivity index (χ1v) is 4.90. The largest absolute Gasteiger partial charge is 0.307 e. The molecule has 1 aromatic rings. The maximum absolute atomic E-state index is 10.5. The van der Waals surface area contributed by atoms with E-state index >= 15 is 0 Å². The molecule has 0 saturated heterocycles. The van der Waals surface area contributed by atoms with Crippen molar-refractivity contribution in [3.8, 4) is 11.8 Å². The van der Waals surface area contributed by atoms with E-state index in [9.17, 15) is 10.1 Å². The van der Waals surface area contributed by atoms with Gasteiger partial charge in [-0.25, -0.2) is 0 Å². The minimum absolute atomic E-state index is 0.0112. The van der Waals surface area contributed by atoms with E-state index < -0.39 is 4.92 Å². The quantitative estimate of drug-likeness (QED) is 0.348. The Labute approximate surface area is 96.4 Å². The molecule has 15 heavy (non-hydrogen) atoms. The van der Waals surface area contributed by atoms with Crippen LogP contribution in [0.3, 0.4) is 0 Å². The SMILES string of the molecule is O=[N+]([O-])c1cncc(C#CCCCl)c1Cl. The summed E-state index contributed by atoms with van der Waals surface area (Å²) in [6.45, 7) is 0. The maximum Gasteiger partial charge on any atom is 0.307 e. The van der Waals surface area contributed by atoms with Gasteiger partial charge in [-0.3, -0.25) is 15.1 Å². The molecule has 0 fully saturated rings. The first-order valence-electron chi connectivity index (χ1n) is 3.99. The number of alkyl halides is 1. The summed E-state index contributed by atoms with van der Waals surface area (Å²) < 4.78 is 0. The van der Waals surface area contributed by atoms with Crippen LogP contribution in [0.4, 0.5) is 5.69 Å². The van der Waals surface area contributed by atoms with Gasteiger partial charge in [0.05, 0.1) is 10.5 Å². The molecule has 0 unspecified atom stereocenters. The van der Waals surface area contributed by atoms with Crippen LogP contribution in [-0.4, -0.2) is 15.8 Å². The van der Waals surface area contributed by atoms with Gasteiger partial charge >= 0.3 is 5.69 Å². The van der Waals surface area contributed by atoms with Crippen LogP contribution in [0.15, 0.2) is 12.4 Å². The zero-order chi connectivity index (χ0) is 11.3. The average molecular weight is 245 g/mol. The first-order chi connectivity index (χ1) is 7.16. The number of halogens is 2. The highest BCUT2D eigenvalue weighted by molar-refractivity contribution is 6.33. The Morgan fingerprint density at radius 3 is 2.87 bits per heavy atom. The van der Waals surface area contributed by atoms with Crippen molar-refractivity contribution in [2.45, 2.75) is 6.42 Å². The lowest BCUT2D eigenvalue weighted by molar-refractivity contribution is -0.385. The van der Waals surface area contributed by atoms with Crippen molar-refractivity contribution < 1.29 is 4.92 Å². The van der Waals surface area contributed by atoms with Gasteiger partial charge in [0.2, 0.25) is 0 Å². The van der Waals surface area contributed by atoms with Crippen LogP contribution in [0.1, 0.15) is 12.0 Å². The van der Waals surface area contributed by atoms with Gasteiger partial charge in [-0.05, 0) is 0 Å².